The molecule has 0 saturated carbocycles. The van der Waals surface area contributed by atoms with Gasteiger partial charge < -0.3 is 46.1 Å². The zero-order valence-corrected chi connectivity index (χ0v) is 40.7. The van der Waals surface area contributed by atoms with E-state index < -0.39 is 54.1 Å². The van der Waals surface area contributed by atoms with Crippen molar-refractivity contribution in [3.8, 4) is 39.8 Å². The van der Waals surface area contributed by atoms with Crippen LogP contribution in [0.2, 0.25) is 0 Å². The Bertz CT molecular complexity index is 2860. The van der Waals surface area contributed by atoms with Crippen LogP contribution < -0.4 is 31.0 Å². The summed E-state index contributed by atoms with van der Waals surface area (Å²) in [7, 11) is -4.85. The summed E-state index contributed by atoms with van der Waals surface area (Å²) in [5, 5.41) is 33.1. The molecule has 69 heavy (non-hydrogen) atoms. The number of ether oxygens (including phenoxy) is 3. The monoisotopic (exact) mass is 987 g/mol. The summed E-state index contributed by atoms with van der Waals surface area (Å²) in [4.78, 5) is 23.3. The minimum absolute atomic E-state index is 0.127. The molecule has 0 spiro atoms. The van der Waals surface area contributed by atoms with Gasteiger partial charge >= 0.3 is 12.2 Å². The number of nitrogens with zero attached hydrogens (tertiary/aromatic N) is 6. The van der Waals surface area contributed by atoms with Gasteiger partial charge in [0.05, 0.1) is 44.1 Å². The van der Waals surface area contributed by atoms with E-state index in [1.165, 1.54) is 36.0 Å². The van der Waals surface area contributed by atoms with Crippen molar-refractivity contribution in [2.45, 2.75) is 55.7 Å². The molecular weight excluding hydrogens is 931 g/mol. The first-order chi connectivity index (χ1) is 32.7. The number of hydrogen-bond donors (Lipinski definition) is 5. The van der Waals surface area contributed by atoms with Crippen molar-refractivity contribution >= 4 is 37.7 Å². The Kier molecular flexibility index (Phi) is 17.7. The van der Waals surface area contributed by atoms with Gasteiger partial charge in [-0.25, -0.2) is 26.4 Å². The molecular formula is C47H57N9O11S2. The van der Waals surface area contributed by atoms with Crippen molar-refractivity contribution < 1.29 is 50.8 Å². The highest BCUT2D eigenvalue weighted by molar-refractivity contribution is 7.93. The number of carbonyl (C=O) groups is 2. The average molecular weight is 988 g/mol. The summed E-state index contributed by atoms with van der Waals surface area (Å²) in [6, 6.07) is 30.1. The zero-order chi connectivity index (χ0) is 50.5. The molecule has 0 aliphatic carbocycles. The van der Waals surface area contributed by atoms with E-state index in [0.29, 0.717) is 47.0 Å². The SMILES string of the molecule is CC(C)(C)N(CCN)C(=O)O.COc1ccc(CN(Cc2ccc(OC)cc2)S(=O)(=O)c2c(S(=O)(=O)CCNC(=O)O)ccc(-c3ccccc3N)c2-c2nnn(Cc3ccc(OC)cc3)n2)cc1. The maximum absolute atomic E-state index is 15.6. The normalized spacial score (nSPS) is 11.6. The van der Waals surface area contributed by atoms with Gasteiger partial charge in [0, 0.05) is 49.5 Å². The topological polar surface area (TPSA) is 285 Å². The van der Waals surface area contributed by atoms with Crippen LogP contribution >= 0.6 is 0 Å². The summed E-state index contributed by atoms with van der Waals surface area (Å²) < 4.78 is 77.0. The van der Waals surface area contributed by atoms with Crippen molar-refractivity contribution in [2.75, 3.05) is 52.5 Å². The molecule has 7 N–H and O–H groups in total. The molecule has 5 aromatic carbocycles. The number of sulfonamides is 1. The van der Waals surface area contributed by atoms with E-state index in [9.17, 15) is 23.1 Å². The second-order valence-electron chi connectivity index (χ2n) is 16.3. The maximum Gasteiger partial charge on any atom is 0.407 e. The zero-order valence-electron chi connectivity index (χ0n) is 39.1. The smallest absolute Gasteiger partial charge is 0.407 e. The van der Waals surface area contributed by atoms with Gasteiger partial charge in [-0.05, 0) is 96.8 Å². The Labute approximate surface area is 401 Å². The molecule has 0 bridgehead atoms. The summed E-state index contributed by atoms with van der Waals surface area (Å²) in [6.07, 6.45) is -2.36. The van der Waals surface area contributed by atoms with Gasteiger partial charge in [-0.15, -0.1) is 10.2 Å². The van der Waals surface area contributed by atoms with Crippen LogP contribution in [0.1, 0.15) is 37.5 Å². The number of hydrogen-bond acceptors (Lipinski definition) is 14. The van der Waals surface area contributed by atoms with Crippen molar-refractivity contribution in [1.82, 2.24) is 34.7 Å². The van der Waals surface area contributed by atoms with Crippen LogP contribution in [0.15, 0.2) is 119 Å². The maximum atomic E-state index is 15.6. The molecule has 1 aromatic heterocycles. The fraction of sp³-hybridized carbons (Fsp3) is 0.298. The van der Waals surface area contributed by atoms with Gasteiger partial charge in [0.1, 0.15) is 22.1 Å². The Balaban J connectivity index is 0.000000718. The molecule has 20 nitrogen and oxygen atoms in total. The third-order valence-electron chi connectivity index (χ3n) is 10.5. The van der Waals surface area contributed by atoms with Gasteiger partial charge in [-0.1, -0.05) is 60.7 Å². The van der Waals surface area contributed by atoms with E-state index in [2.05, 4.69) is 20.7 Å². The highest BCUT2D eigenvalue weighted by Crippen LogP contribution is 2.43. The summed E-state index contributed by atoms with van der Waals surface area (Å²) in [5.74, 6) is 0.788. The molecule has 6 aromatic rings. The number of nitrogens with two attached hydrogens (primary N) is 2. The first-order valence-electron chi connectivity index (χ1n) is 21.3. The molecule has 0 aliphatic rings. The van der Waals surface area contributed by atoms with Gasteiger partial charge in [-0.3, -0.25) is 0 Å². The minimum atomic E-state index is -4.88. The molecule has 0 atom stereocenters. The van der Waals surface area contributed by atoms with E-state index in [1.54, 1.807) is 92.0 Å². The number of aromatic nitrogens is 4. The average Bonchev–Trinajstić information content (AvgIpc) is 3.78. The quantitative estimate of drug-likeness (QED) is 0.0598. The van der Waals surface area contributed by atoms with Crippen molar-refractivity contribution in [1.29, 1.82) is 0 Å². The van der Waals surface area contributed by atoms with Gasteiger partial charge in [0.15, 0.2) is 9.84 Å². The van der Waals surface area contributed by atoms with Gasteiger partial charge in [0.2, 0.25) is 15.8 Å². The standard InChI is InChI=1S/C40H41N7O9S2.C7H16N2O2/c1-54-30-14-8-27(9-15-30)24-46(25-28-10-16-31(55-2)17-11-28)58(52,53)38-36(57(50,51)23-22-42-40(48)49)21-20-34(33-6-4-5-7-35(33)41)37(38)39-43-45-47(44-39)26-29-12-18-32(56-3)19-13-29;1-7(2,3)9(5-4-8)6(10)11/h4-21,42H,22-26,41H2,1-3H3,(H,48,49);4-5,8H2,1-3H3,(H,10,11). The largest absolute Gasteiger partial charge is 0.497 e. The number of nitrogens with one attached hydrogen (secondary N) is 1. The Morgan fingerprint density at radius 2 is 1.26 bits per heavy atom. The summed E-state index contributed by atoms with van der Waals surface area (Å²) in [5.41, 5.74) is 14.0. The lowest BCUT2D eigenvalue weighted by molar-refractivity contribution is 0.102. The fourth-order valence-electron chi connectivity index (χ4n) is 7.03. The van der Waals surface area contributed by atoms with Crippen molar-refractivity contribution in [2.24, 2.45) is 5.73 Å². The van der Waals surface area contributed by atoms with Crippen LogP contribution in [-0.2, 0) is 39.5 Å². The third-order valence-corrected chi connectivity index (χ3v) is 14.3. The second-order valence-corrected chi connectivity index (χ2v) is 20.3. The van der Waals surface area contributed by atoms with Crippen LogP contribution in [0.3, 0.4) is 0 Å². The number of methoxy groups -OCH3 is 3. The lowest BCUT2D eigenvalue weighted by atomic mass is 9.97. The lowest BCUT2D eigenvalue weighted by Crippen LogP contribution is -2.47. The first-order valence-corrected chi connectivity index (χ1v) is 24.4. The number of benzene rings is 5. The van der Waals surface area contributed by atoms with Crippen LogP contribution in [0.4, 0.5) is 15.3 Å². The number of para-hydroxylation sites is 1. The van der Waals surface area contributed by atoms with E-state index >= 15 is 8.42 Å². The molecule has 1 heterocycles. The fourth-order valence-corrected chi connectivity index (χ4v) is 10.7. The van der Waals surface area contributed by atoms with E-state index in [4.69, 9.17) is 30.8 Å². The van der Waals surface area contributed by atoms with E-state index in [-0.39, 0.29) is 47.8 Å². The molecule has 368 valence electrons. The number of carboxylic acid groups (broad SMARTS) is 2. The predicted octanol–water partition coefficient (Wildman–Crippen LogP) is 5.82. The molecule has 0 aliphatic heterocycles. The van der Waals surface area contributed by atoms with E-state index in [0.717, 1.165) is 9.87 Å². The van der Waals surface area contributed by atoms with Crippen LogP contribution in [-0.4, -0.2) is 121 Å². The van der Waals surface area contributed by atoms with Crippen molar-refractivity contribution in [3.63, 3.8) is 0 Å². The Hall–Kier alpha value is -7.27. The van der Waals surface area contributed by atoms with Gasteiger partial charge in [0.25, 0.3) is 0 Å². The molecule has 22 heteroatoms. The predicted molar refractivity (Wildman–Crippen MR) is 259 cm³/mol. The summed E-state index contributed by atoms with van der Waals surface area (Å²) >= 11 is 0. The van der Waals surface area contributed by atoms with Crippen LogP contribution in [0, 0.1) is 0 Å². The second kappa shape index (κ2) is 23.2. The number of tetrazole rings is 1. The molecule has 2 amide bonds. The third kappa shape index (κ3) is 13.7. The van der Waals surface area contributed by atoms with Gasteiger partial charge in [-0.2, -0.15) is 9.10 Å². The molecule has 0 saturated heterocycles. The Morgan fingerprint density at radius 3 is 1.71 bits per heavy atom. The van der Waals surface area contributed by atoms with Crippen LogP contribution in [0.25, 0.3) is 22.5 Å². The number of anilines is 1. The van der Waals surface area contributed by atoms with Crippen molar-refractivity contribution in [3.05, 3.63) is 126 Å². The molecule has 6 rings (SSSR count). The Morgan fingerprint density at radius 1 is 0.739 bits per heavy atom. The summed E-state index contributed by atoms with van der Waals surface area (Å²) in [6.45, 7) is 5.49. The molecule has 0 fully saturated rings. The first kappa shape index (κ1) is 52.7. The molecule has 0 unspecified atom stereocenters. The number of nitrogen functional groups attached to an aromatic ring is 1. The van der Waals surface area contributed by atoms with Crippen LogP contribution in [0.5, 0.6) is 17.2 Å². The lowest BCUT2D eigenvalue weighted by Gasteiger charge is -2.32. The highest BCUT2D eigenvalue weighted by Gasteiger charge is 2.38. The highest BCUT2D eigenvalue weighted by atomic mass is 32.2. The van der Waals surface area contributed by atoms with E-state index in [1.807, 2.05) is 32.9 Å². The number of rotatable bonds is 19. The number of sulfone groups is 1. The minimum Gasteiger partial charge on any atom is -0.497 e. The molecule has 0 radical (unpaired) electrons. The number of amides is 2.